The van der Waals surface area contributed by atoms with Gasteiger partial charge in [0.1, 0.15) is 11.2 Å². The van der Waals surface area contributed by atoms with E-state index in [0.717, 1.165) is 17.1 Å². The van der Waals surface area contributed by atoms with Gasteiger partial charge >= 0.3 is 0 Å². The molecular weight excluding hydrogens is 412 g/mol. The van der Waals surface area contributed by atoms with E-state index in [9.17, 15) is 14.4 Å². The molecule has 3 amide bonds. The maximum absolute atomic E-state index is 12.5. The third-order valence-corrected chi connectivity index (χ3v) is 7.75. The highest BCUT2D eigenvalue weighted by atomic mass is 32.2. The van der Waals surface area contributed by atoms with Gasteiger partial charge in [0.25, 0.3) is 0 Å². The lowest BCUT2D eigenvalue weighted by Crippen LogP contribution is -2.54. The number of hydrogen-bond donors (Lipinski definition) is 0. The summed E-state index contributed by atoms with van der Waals surface area (Å²) in [6.45, 7) is 2.34. The Hall–Kier alpha value is -1.78. The third kappa shape index (κ3) is 6.35. The Bertz CT molecular complexity index is 707. The largest absolute Gasteiger partial charge is 0.367 e. The average Bonchev–Trinajstić information content (AvgIpc) is 3.29. The maximum Gasteiger partial charge on any atom is 0.248 e. The van der Waals surface area contributed by atoms with Crippen LogP contribution in [0.4, 0.5) is 0 Å². The number of nitrogens with zero attached hydrogens (tertiary/aromatic N) is 4. The molecule has 158 valence electrons. The van der Waals surface area contributed by atoms with Crippen LogP contribution in [0.3, 0.4) is 0 Å². The topological polar surface area (TPSA) is 83.1 Å². The predicted molar refractivity (Wildman–Crippen MR) is 113 cm³/mol. The van der Waals surface area contributed by atoms with E-state index in [1.54, 1.807) is 47.9 Å². The van der Waals surface area contributed by atoms with Crippen LogP contribution in [0.2, 0.25) is 0 Å². The van der Waals surface area contributed by atoms with E-state index in [2.05, 4.69) is 4.98 Å². The first-order valence-corrected chi connectivity index (χ1v) is 11.6. The summed E-state index contributed by atoms with van der Waals surface area (Å²) in [6.07, 6.45) is 3.36. The summed E-state index contributed by atoms with van der Waals surface area (Å²) in [5.41, 5.74) is 0.890. The van der Waals surface area contributed by atoms with E-state index in [-0.39, 0.29) is 35.5 Å². The SMILES string of the molecule is CN(CC(=O)N1CCN(C(=O)C2SCCS2)CC1)C(=O)COCc1cccnc1. The van der Waals surface area contributed by atoms with Gasteiger partial charge in [0.15, 0.2) is 0 Å². The minimum atomic E-state index is -0.244. The lowest BCUT2D eigenvalue weighted by Gasteiger charge is -2.36. The second kappa shape index (κ2) is 10.8. The van der Waals surface area contributed by atoms with Gasteiger partial charge in [-0.2, -0.15) is 0 Å². The minimum Gasteiger partial charge on any atom is -0.367 e. The van der Waals surface area contributed by atoms with Gasteiger partial charge in [-0.05, 0) is 11.6 Å². The van der Waals surface area contributed by atoms with Gasteiger partial charge < -0.3 is 19.4 Å². The predicted octanol–water partition coefficient (Wildman–Crippen LogP) is 0.534. The molecule has 0 saturated carbocycles. The fraction of sp³-hybridized carbons (Fsp3) is 0.579. The van der Waals surface area contributed by atoms with Crippen LogP contribution in [-0.2, 0) is 25.7 Å². The Morgan fingerprint density at radius 1 is 1.17 bits per heavy atom. The molecule has 2 aliphatic rings. The van der Waals surface area contributed by atoms with Crippen LogP contribution in [0.5, 0.6) is 0 Å². The monoisotopic (exact) mass is 438 g/mol. The van der Waals surface area contributed by atoms with Crippen molar-refractivity contribution in [2.45, 2.75) is 11.2 Å². The van der Waals surface area contributed by atoms with E-state index in [1.165, 1.54) is 4.90 Å². The molecule has 2 saturated heterocycles. The van der Waals surface area contributed by atoms with E-state index in [0.29, 0.717) is 32.8 Å². The molecule has 10 heteroatoms. The molecule has 0 N–H and O–H groups in total. The summed E-state index contributed by atoms with van der Waals surface area (Å²) in [5.74, 6) is 1.86. The van der Waals surface area contributed by atoms with Crippen LogP contribution < -0.4 is 0 Å². The number of aromatic nitrogens is 1. The number of carbonyl (C=O) groups is 3. The first kappa shape index (κ1) is 21.9. The van der Waals surface area contributed by atoms with Crippen LogP contribution in [0.15, 0.2) is 24.5 Å². The fourth-order valence-electron chi connectivity index (χ4n) is 3.07. The van der Waals surface area contributed by atoms with Crippen molar-refractivity contribution in [3.05, 3.63) is 30.1 Å². The number of likely N-dealkylation sites (N-methyl/N-ethyl adjacent to an activating group) is 1. The van der Waals surface area contributed by atoms with Crippen molar-refractivity contribution in [1.82, 2.24) is 19.7 Å². The first-order chi connectivity index (χ1) is 14.0. The van der Waals surface area contributed by atoms with E-state index < -0.39 is 0 Å². The van der Waals surface area contributed by atoms with Crippen molar-refractivity contribution in [2.75, 3.05) is 57.9 Å². The van der Waals surface area contributed by atoms with Crippen molar-refractivity contribution in [3.8, 4) is 0 Å². The normalized spacial score (nSPS) is 17.4. The third-order valence-electron chi connectivity index (χ3n) is 4.78. The van der Waals surface area contributed by atoms with E-state index in [1.807, 2.05) is 17.0 Å². The van der Waals surface area contributed by atoms with Gasteiger partial charge in [0, 0.05) is 57.1 Å². The minimum absolute atomic E-state index is 0.00711. The molecule has 3 heterocycles. The number of amides is 3. The first-order valence-electron chi connectivity index (χ1n) is 9.55. The Labute approximate surface area is 179 Å². The molecule has 0 atom stereocenters. The van der Waals surface area contributed by atoms with Crippen molar-refractivity contribution in [1.29, 1.82) is 0 Å². The van der Waals surface area contributed by atoms with Crippen molar-refractivity contribution >= 4 is 41.2 Å². The van der Waals surface area contributed by atoms with Gasteiger partial charge in [-0.25, -0.2) is 0 Å². The maximum atomic E-state index is 12.5. The van der Waals surface area contributed by atoms with Crippen LogP contribution in [0, 0.1) is 0 Å². The summed E-state index contributed by atoms with van der Waals surface area (Å²) in [4.78, 5) is 46.1. The number of carbonyl (C=O) groups excluding carboxylic acids is 3. The van der Waals surface area contributed by atoms with Crippen LogP contribution >= 0.6 is 23.5 Å². The molecule has 0 aliphatic carbocycles. The Morgan fingerprint density at radius 2 is 1.86 bits per heavy atom. The highest BCUT2D eigenvalue weighted by Crippen LogP contribution is 2.33. The summed E-state index contributed by atoms with van der Waals surface area (Å²) in [5, 5.41) is 0. The highest BCUT2D eigenvalue weighted by molar-refractivity contribution is 8.21. The molecule has 0 unspecified atom stereocenters. The number of rotatable bonds is 7. The molecular formula is C19H26N4O4S2. The van der Waals surface area contributed by atoms with E-state index in [4.69, 9.17) is 4.74 Å². The molecule has 0 bridgehead atoms. The van der Waals surface area contributed by atoms with Gasteiger partial charge in [0.2, 0.25) is 17.7 Å². The number of pyridine rings is 1. The van der Waals surface area contributed by atoms with Crippen LogP contribution in [0.25, 0.3) is 0 Å². The van der Waals surface area contributed by atoms with E-state index >= 15 is 0 Å². The number of piperazine rings is 1. The Kier molecular flexibility index (Phi) is 8.19. The van der Waals surface area contributed by atoms with Crippen LogP contribution in [-0.4, -0.2) is 99.9 Å². The quantitative estimate of drug-likeness (QED) is 0.614. The lowest BCUT2D eigenvalue weighted by atomic mass is 10.3. The molecule has 1 aromatic rings. The standard InChI is InChI=1S/C19H26N4O4S2/c1-21(17(25)14-27-13-15-3-2-4-20-11-15)12-16(24)22-5-7-23(8-6-22)18(26)19-28-9-10-29-19/h2-4,11,19H,5-10,12-14H2,1H3. The van der Waals surface area contributed by atoms with Gasteiger partial charge in [0.05, 0.1) is 13.2 Å². The second-order valence-electron chi connectivity index (χ2n) is 6.88. The molecule has 0 radical (unpaired) electrons. The van der Waals surface area contributed by atoms with Crippen molar-refractivity contribution < 1.29 is 19.1 Å². The fourth-order valence-corrected chi connectivity index (χ4v) is 5.81. The average molecular weight is 439 g/mol. The number of ether oxygens (including phenoxy) is 1. The highest BCUT2D eigenvalue weighted by Gasteiger charge is 2.31. The zero-order valence-electron chi connectivity index (χ0n) is 16.5. The zero-order chi connectivity index (χ0) is 20.6. The Balaban J connectivity index is 1.36. The lowest BCUT2D eigenvalue weighted by molar-refractivity contribution is -0.144. The van der Waals surface area contributed by atoms with Gasteiger partial charge in [-0.15, -0.1) is 23.5 Å². The van der Waals surface area contributed by atoms with Crippen molar-refractivity contribution in [2.24, 2.45) is 0 Å². The summed E-state index contributed by atoms with van der Waals surface area (Å²) < 4.78 is 5.42. The molecule has 3 rings (SSSR count). The van der Waals surface area contributed by atoms with Gasteiger partial charge in [-0.3, -0.25) is 19.4 Å². The van der Waals surface area contributed by atoms with Crippen LogP contribution in [0.1, 0.15) is 5.56 Å². The smallest absolute Gasteiger partial charge is 0.248 e. The summed E-state index contributed by atoms with van der Waals surface area (Å²) in [7, 11) is 1.60. The zero-order valence-corrected chi connectivity index (χ0v) is 18.1. The summed E-state index contributed by atoms with van der Waals surface area (Å²) >= 11 is 3.40. The molecule has 2 aliphatic heterocycles. The number of hydrogen-bond acceptors (Lipinski definition) is 7. The molecule has 1 aromatic heterocycles. The molecule has 2 fully saturated rings. The molecule has 8 nitrogen and oxygen atoms in total. The molecule has 0 spiro atoms. The second-order valence-corrected chi connectivity index (χ2v) is 9.61. The Morgan fingerprint density at radius 3 is 2.52 bits per heavy atom. The molecule has 29 heavy (non-hydrogen) atoms. The van der Waals surface area contributed by atoms with Gasteiger partial charge in [-0.1, -0.05) is 6.07 Å². The summed E-state index contributed by atoms with van der Waals surface area (Å²) in [6, 6.07) is 3.68. The number of thioether (sulfide) groups is 2. The van der Waals surface area contributed by atoms with Crippen molar-refractivity contribution in [3.63, 3.8) is 0 Å². The molecule has 0 aromatic carbocycles.